The van der Waals surface area contributed by atoms with Crippen LogP contribution in [0.5, 0.6) is 5.75 Å². The minimum Gasteiger partial charge on any atom is -0.497 e. The van der Waals surface area contributed by atoms with Gasteiger partial charge < -0.3 is 19.9 Å². The van der Waals surface area contributed by atoms with Crippen LogP contribution in [0.25, 0.3) is 53.9 Å². The number of nitrogens with one attached hydrogen (secondary N) is 6. The molecule has 111 heavy (non-hydrogen) atoms. The summed E-state index contributed by atoms with van der Waals surface area (Å²) in [6, 6.07) is 51.0. The molecule has 25 nitrogen and oxygen atoms in total. The van der Waals surface area contributed by atoms with Crippen molar-refractivity contribution in [3.05, 3.63) is 261 Å². The molecule has 1 atom stereocenters. The van der Waals surface area contributed by atoms with Crippen molar-refractivity contribution in [3.63, 3.8) is 0 Å². The Balaban J connectivity index is 0.000000161. The van der Waals surface area contributed by atoms with Gasteiger partial charge in [-0.25, -0.2) is 25.5 Å². The summed E-state index contributed by atoms with van der Waals surface area (Å²) in [4.78, 5) is 136. The van der Waals surface area contributed by atoms with Crippen LogP contribution in [0.4, 0.5) is 5.69 Å². The molecule has 6 N–H and O–H groups in total. The number of unbranched alkanes of at least 4 members (excludes halogenated alkanes) is 2. The highest BCUT2D eigenvalue weighted by molar-refractivity contribution is 5.96. The van der Waals surface area contributed by atoms with E-state index in [2.05, 4.69) is 88.0 Å². The number of benzene rings is 7. The van der Waals surface area contributed by atoms with Gasteiger partial charge in [0, 0.05) is 103 Å². The fourth-order valence-electron chi connectivity index (χ4n) is 12.8. The summed E-state index contributed by atoms with van der Waals surface area (Å²) in [6.45, 7) is 17.6. The summed E-state index contributed by atoms with van der Waals surface area (Å²) in [5.41, 5.74) is 4.33. The van der Waals surface area contributed by atoms with Crippen molar-refractivity contribution in [1.29, 1.82) is 0 Å². The number of anilines is 1. The van der Waals surface area contributed by atoms with Crippen molar-refractivity contribution in [3.8, 4) is 5.75 Å². The van der Waals surface area contributed by atoms with Crippen LogP contribution in [0.2, 0.25) is 0 Å². The standard InChI is InChI=1S/C21H22N4O3.C20H19N3O3.3C15H18N2O2/c1-28-16-6-4-5-15(13-16)24-9-11-25(12-10-24)20(26)14-19-17-7-2-3-8-18(17)21(27)23-22-19;1-2-21-19(25)14-7-5-6-13(10-14)11-15(24)12-18-16-8-3-4-9-17(16)20(26)23-22-18;1-15(2,3)9-10(18)8-13-11-6-4-5-7-12(11)14(19)17-16-13;1-3-10(2)8-11(18)9-14-12-6-4-5-7-13(12)15(19)17-16-14;1-2-3-4-7-11(18)10-14-12-8-5-6-9-13(12)15(19)17-16-14/h2-8,13H,9-12,14H2,1H3,(H,23,27);3-10H,2,11-12H2,1H3,(H,21,25)(H,23,26);4-7H,8-9H2,1-3H3,(H,17,19);4-7,10H,3,8-9H2,1-2H3,(H,17,19);5-6,8-9H,2-4,7,10H2,1H3,(H,17,19). The van der Waals surface area contributed by atoms with Crippen LogP contribution >= 0.6 is 0 Å². The van der Waals surface area contributed by atoms with Gasteiger partial charge in [0.25, 0.3) is 33.7 Å². The highest BCUT2D eigenvalue weighted by atomic mass is 16.5. The summed E-state index contributed by atoms with van der Waals surface area (Å²) in [6.07, 6.45) is 7.07. The second kappa shape index (κ2) is 40.1. The van der Waals surface area contributed by atoms with Crippen molar-refractivity contribution < 1.29 is 33.5 Å². The Morgan fingerprint density at radius 1 is 0.450 bits per heavy atom. The largest absolute Gasteiger partial charge is 0.497 e. The van der Waals surface area contributed by atoms with Gasteiger partial charge >= 0.3 is 0 Å². The van der Waals surface area contributed by atoms with E-state index in [9.17, 15) is 52.7 Å². The van der Waals surface area contributed by atoms with Crippen molar-refractivity contribution in [1.82, 2.24) is 61.2 Å². The molecule has 13 rings (SSSR count). The number of amides is 2. The van der Waals surface area contributed by atoms with Crippen molar-refractivity contribution in [2.75, 3.05) is 44.7 Å². The zero-order valence-electron chi connectivity index (χ0n) is 64.0. The Morgan fingerprint density at radius 2 is 0.847 bits per heavy atom. The van der Waals surface area contributed by atoms with Gasteiger partial charge in [-0.1, -0.05) is 170 Å². The Morgan fingerprint density at radius 3 is 1.25 bits per heavy atom. The summed E-state index contributed by atoms with van der Waals surface area (Å²) in [7, 11) is 1.66. The zero-order chi connectivity index (χ0) is 79.6. The lowest BCUT2D eigenvalue weighted by molar-refractivity contribution is -0.131. The molecule has 2 amide bonds. The first-order valence-corrected chi connectivity index (χ1v) is 37.4. The number of H-pyrrole nitrogens is 5. The predicted octanol–water partition coefficient (Wildman–Crippen LogP) is 11.4. The monoisotopic (exact) mass is 1500 g/mol. The van der Waals surface area contributed by atoms with Crippen molar-refractivity contribution >= 4 is 94.5 Å². The molecule has 0 radical (unpaired) electrons. The van der Waals surface area contributed by atoms with Gasteiger partial charge in [0.15, 0.2) is 0 Å². The Bertz CT molecular complexity index is 5600. The molecule has 25 heteroatoms. The van der Waals surface area contributed by atoms with Crippen LogP contribution in [-0.2, 0) is 62.5 Å². The maximum Gasteiger partial charge on any atom is 0.272 e. The number of Topliss-reactive ketones (excluding diaryl/α,β-unsaturated/α-hetero) is 4. The third-order valence-electron chi connectivity index (χ3n) is 18.7. The highest BCUT2D eigenvalue weighted by Gasteiger charge is 2.24. The van der Waals surface area contributed by atoms with E-state index in [0.717, 1.165) is 77.3 Å². The molecule has 1 aliphatic rings. The Kier molecular flexibility index (Phi) is 29.8. The van der Waals surface area contributed by atoms with Gasteiger partial charge in [-0.05, 0) is 84.8 Å². The van der Waals surface area contributed by atoms with Crippen LogP contribution in [0.3, 0.4) is 0 Å². The minimum absolute atomic E-state index is 0.0231. The third-order valence-corrected chi connectivity index (χ3v) is 18.7. The maximum atomic E-state index is 12.8. The molecule has 1 aliphatic heterocycles. The molecular weight excluding hydrogens is 1410 g/mol. The number of ether oxygens (including phenoxy) is 1. The molecule has 0 saturated carbocycles. The first-order valence-electron chi connectivity index (χ1n) is 37.4. The summed E-state index contributed by atoms with van der Waals surface area (Å²) in [5.74, 6) is 1.52. The number of ketones is 4. The van der Waals surface area contributed by atoms with E-state index in [4.69, 9.17) is 4.74 Å². The number of rotatable bonds is 24. The third kappa shape index (κ3) is 23.5. The number of hydrogen-bond donors (Lipinski definition) is 6. The Hall–Kier alpha value is -12.5. The van der Waals surface area contributed by atoms with Gasteiger partial charge in [-0.15, -0.1) is 0 Å². The lowest BCUT2D eigenvalue weighted by atomic mass is 9.88. The topological polar surface area (TPSA) is 359 Å². The lowest BCUT2D eigenvalue weighted by Gasteiger charge is -2.36. The van der Waals surface area contributed by atoms with Gasteiger partial charge in [0.1, 0.15) is 28.9 Å². The molecule has 6 heterocycles. The van der Waals surface area contributed by atoms with E-state index in [-0.39, 0.29) is 100 Å². The molecule has 0 aliphatic carbocycles. The normalized spacial score (nSPS) is 12.1. The van der Waals surface area contributed by atoms with Crippen molar-refractivity contribution in [2.24, 2.45) is 11.3 Å². The van der Waals surface area contributed by atoms with Crippen LogP contribution in [0.15, 0.2) is 194 Å². The molecule has 0 spiro atoms. The molecule has 1 fully saturated rings. The van der Waals surface area contributed by atoms with E-state index in [1.807, 2.05) is 124 Å². The second-order valence-electron chi connectivity index (χ2n) is 28.5. The summed E-state index contributed by atoms with van der Waals surface area (Å²) >= 11 is 0. The number of methoxy groups -OCH3 is 1. The number of aromatic nitrogens is 10. The minimum atomic E-state index is -0.272. The van der Waals surface area contributed by atoms with Gasteiger partial charge in [-0.3, -0.25) is 52.7 Å². The number of piperazine rings is 1. The van der Waals surface area contributed by atoms with E-state index in [0.29, 0.717) is 118 Å². The molecule has 0 bridgehead atoms. The molecular formula is C86H95N13O12. The average Bonchev–Trinajstić information content (AvgIpc) is 0.847. The van der Waals surface area contributed by atoms with E-state index < -0.39 is 0 Å². The van der Waals surface area contributed by atoms with Gasteiger partial charge in [-0.2, -0.15) is 25.5 Å². The lowest BCUT2D eigenvalue weighted by Crippen LogP contribution is -2.49. The molecule has 5 aromatic heterocycles. The number of carbonyl (C=O) groups is 6. The number of aromatic amines is 5. The molecule has 1 saturated heterocycles. The number of hydrogen-bond acceptors (Lipinski definition) is 18. The van der Waals surface area contributed by atoms with E-state index >= 15 is 0 Å². The second-order valence-corrected chi connectivity index (χ2v) is 28.5. The highest BCUT2D eigenvalue weighted by Crippen LogP contribution is 2.25. The van der Waals surface area contributed by atoms with Crippen LogP contribution in [0, 0.1) is 11.3 Å². The zero-order valence-corrected chi connectivity index (χ0v) is 64.0. The van der Waals surface area contributed by atoms with Gasteiger partial charge in [0.2, 0.25) is 5.91 Å². The fraction of sp³-hybridized carbons (Fsp3) is 0.326. The smallest absolute Gasteiger partial charge is 0.272 e. The number of nitrogens with zero attached hydrogens (tertiary/aromatic N) is 7. The summed E-state index contributed by atoms with van der Waals surface area (Å²) in [5, 5.41) is 41.8. The number of fused-ring (bicyclic) bond motifs is 5. The molecule has 576 valence electrons. The fourth-order valence-corrected chi connectivity index (χ4v) is 12.8. The SMILES string of the molecule is CC(C)(C)CC(=O)Cc1n[nH]c(=O)c2ccccc12.CCC(C)CC(=O)Cc1n[nH]c(=O)c2ccccc12.CCCCCC(=O)Cc1n[nH]c(=O)c2ccccc12.CCNC(=O)c1cccc(CC(=O)Cc2n[nH]c(=O)c3ccccc23)c1.COc1cccc(N2CCN(C(=O)Cc3n[nH]c(=O)c4ccccc34)CC2)c1. The predicted molar refractivity (Wildman–Crippen MR) is 433 cm³/mol. The first kappa shape index (κ1) is 82.5. The van der Waals surface area contributed by atoms with E-state index in [1.165, 1.54) is 0 Å². The molecule has 1 unspecified atom stereocenters. The summed E-state index contributed by atoms with van der Waals surface area (Å²) < 4.78 is 5.29. The van der Waals surface area contributed by atoms with Crippen LogP contribution in [0.1, 0.15) is 138 Å². The average molecular weight is 1500 g/mol. The van der Waals surface area contributed by atoms with Gasteiger partial charge in [0.05, 0.1) is 94.6 Å². The molecule has 12 aromatic rings. The van der Waals surface area contributed by atoms with E-state index in [1.54, 1.807) is 79.9 Å². The van der Waals surface area contributed by atoms with Crippen LogP contribution in [-0.4, -0.2) is 131 Å². The maximum absolute atomic E-state index is 12.8. The van der Waals surface area contributed by atoms with Crippen LogP contribution < -0.4 is 42.7 Å². The number of carbonyl (C=O) groups excluding carboxylic acids is 6. The first-order chi connectivity index (χ1) is 53.4. The quantitative estimate of drug-likeness (QED) is 0.0306. The Labute approximate surface area is 641 Å². The van der Waals surface area contributed by atoms with Crippen molar-refractivity contribution in [2.45, 2.75) is 132 Å². The molecule has 7 aromatic carbocycles.